The van der Waals surface area contributed by atoms with Crippen molar-refractivity contribution in [3.05, 3.63) is 54.9 Å². The molecule has 0 aliphatic heterocycles. The number of hydrogen-bond acceptors (Lipinski definition) is 2. The van der Waals surface area contributed by atoms with Gasteiger partial charge in [-0.05, 0) is 26.0 Å². The monoisotopic (exact) mass is 336 g/mol. The summed E-state index contributed by atoms with van der Waals surface area (Å²) in [4.78, 5) is 12.5. The lowest BCUT2D eigenvalue weighted by atomic mass is 10.0. The fourth-order valence-corrected chi connectivity index (χ4v) is 2.85. The van der Waals surface area contributed by atoms with Crippen molar-refractivity contribution < 1.29 is 9.21 Å². The SMILES string of the molecule is Cc1cc(C(=O)c2c(Cl)cc(Cl)c(Cl)c2Cl)c(C)o1. The molecule has 100 valence electrons. The number of rotatable bonds is 2. The summed E-state index contributed by atoms with van der Waals surface area (Å²) >= 11 is 23.9. The first-order valence-corrected chi connectivity index (χ1v) is 6.78. The molecule has 0 N–H and O–H groups in total. The van der Waals surface area contributed by atoms with Crippen molar-refractivity contribution in [3.8, 4) is 0 Å². The summed E-state index contributed by atoms with van der Waals surface area (Å²) in [5, 5.41) is 0.507. The first-order valence-electron chi connectivity index (χ1n) is 5.27. The Bertz CT molecular complexity index is 674. The zero-order valence-electron chi connectivity index (χ0n) is 9.98. The first-order chi connectivity index (χ1) is 8.82. The second-order valence-electron chi connectivity index (χ2n) is 4.00. The number of benzene rings is 1. The summed E-state index contributed by atoms with van der Waals surface area (Å²) in [6.45, 7) is 3.45. The molecule has 0 saturated carbocycles. The van der Waals surface area contributed by atoms with Gasteiger partial charge >= 0.3 is 0 Å². The molecule has 1 aromatic heterocycles. The van der Waals surface area contributed by atoms with Gasteiger partial charge in [-0.1, -0.05) is 46.4 Å². The van der Waals surface area contributed by atoms with Crippen LogP contribution in [0.15, 0.2) is 16.5 Å². The molecule has 0 radical (unpaired) electrons. The second kappa shape index (κ2) is 5.37. The van der Waals surface area contributed by atoms with Gasteiger partial charge in [0.25, 0.3) is 0 Å². The van der Waals surface area contributed by atoms with E-state index >= 15 is 0 Å². The molecule has 0 spiro atoms. The number of furan rings is 1. The molecule has 0 aliphatic carbocycles. The smallest absolute Gasteiger partial charge is 0.199 e. The summed E-state index contributed by atoms with van der Waals surface area (Å²) in [6, 6.07) is 3.03. The lowest BCUT2D eigenvalue weighted by Crippen LogP contribution is -2.04. The maximum absolute atomic E-state index is 12.5. The van der Waals surface area contributed by atoms with Gasteiger partial charge in [0.1, 0.15) is 11.5 Å². The lowest BCUT2D eigenvalue weighted by Gasteiger charge is -2.08. The Morgan fingerprint density at radius 1 is 1.00 bits per heavy atom. The molecule has 0 bridgehead atoms. The number of carbonyl (C=O) groups excluding carboxylic acids is 1. The zero-order valence-corrected chi connectivity index (χ0v) is 13.0. The van der Waals surface area contributed by atoms with Gasteiger partial charge < -0.3 is 4.42 Å². The van der Waals surface area contributed by atoms with E-state index in [1.165, 1.54) is 6.07 Å². The number of ketones is 1. The average Bonchev–Trinajstić information content (AvgIpc) is 2.65. The molecule has 0 unspecified atom stereocenters. The van der Waals surface area contributed by atoms with Gasteiger partial charge in [-0.3, -0.25) is 4.79 Å². The molecule has 0 aliphatic rings. The third kappa shape index (κ3) is 2.63. The van der Waals surface area contributed by atoms with Crippen molar-refractivity contribution >= 4 is 52.2 Å². The number of carbonyl (C=O) groups is 1. The highest BCUT2D eigenvalue weighted by Gasteiger charge is 2.23. The lowest BCUT2D eigenvalue weighted by molar-refractivity contribution is 0.103. The van der Waals surface area contributed by atoms with Crippen LogP contribution < -0.4 is 0 Å². The maximum Gasteiger partial charge on any atom is 0.199 e. The third-order valence-electron chi connectivity index (χ3n) is 2.63. The van der Waals surface area contributed by atoms with Gasteiger partial charge in [0.2, 0.25) is 0 Å². The van der Waals surface area contributed by atoms with Crippen LogP contribution in [-0.2, 0) is 0 Å². The highest BCUT2D eigenvalue weighted by atomic mass is 35.5. The van der Waals surface area contributed by atoms with Crippen LogP contribution >= 0.6 is 46.4 Å². The van der Waals surface area contributed by atoms with Crippen LogP contribution in [0.3, 0.4) is 0 Å². The minimum atomic E-state index is -0.345. The van der Waals surface area contributed by atoms with Crippen LogP contribution in [-0.4, -0.2) is 5.78 Å². The first kappa shape index (κ1) is 14.7. The topological polar surface area (TPSA) is 30.2 Å². The quantitative estimate of drug-likeness (QED) is 0.397. The van der Waals surface area contributed by atoms with Crippen LogP contribution in [0.1, 0.15) is 27.4 Å². The summed E-state index contributed by atoms with van der Waals surface area (Å²) in [5.41, 5.74) is 0.529. The Morgan fingerprint density at radius 2 is 1.63 bits per heavy atom. The zero-order chi connectivity index (χ0) is 14.3. The summed E-state index contributed by atoms with van der Waals surface area (Å²) in [5.74, 6) is 0.789. The summed E-state index contributed by atoms with van der Waals surface area (Å²) in [6.07, 6.45) is 0. The highest BCUT2D eigenvalue weighted by molar-refractivity contribution is 6.51. The maximum atomic E-state index is 12.5. The Hall–Kier alpha value is -0.670. The van der Waals surface area contributed by atoms with E-state index in [1.807, 2.05) is 0 Å². The van der Waals surface area contributed by atoms with E-state index < -0.39 is 0 Å². The minimum Gasteiger partial charge on any atom is -0.466 e. The third-order valence-corrected chi connectivity index (χ3v) is 4.19. The summed E-state index contributed by atoms with van der Waals surface area (Å²) < 4.78 is 5.32. The van der Waals surface area contributed by atoms with Crippen LogP contribution in [0, 0.1) is 13.8 Å². The number of halogens is 4. The molecular weight excluding hydrogens is 330 g/mol. The van der Waals surface area contributed by atoms with Crippen LogP contribution in [0.5, 0.6) is 0 Å². The summed E-state index contributed by atoms with van der Waals surface area (Å²) in [7, 11) is 0. The Balaban J connectivity index is 2.63. The number of hydrogen-bond donors (Lipinski definition) is 0. The fraction of sp³-hybridized carbons (Fsp3) is 0.154. The minimum absolute atomic E-state index is 0.0439. The fourth-order valence-electron chi connectivity index (χ4n) is 1.77. The number of aryl methyl sites for hydroxylation is 2. The molecule has 1 aromatic carbocycles. The van der Waals surface area contributed by atoms with E-state index in [1.54, 1.807) is 19.9 Å². The van der Waals surface area contributed by atoms with Crippen molar-refractivity contribution in [1.29, 1.82) is 0 Å². The molecule has 1 heterocycles. The van der Waals surface area contributed by atoms with Gasteiger partial charge in [-0.2, -0.15) is 0 Å². The molecule has 0 atom stereocenters. The van der Waals surface area contributed by atoms with Crippen LogP contribution in [0.25, 0.3) is 0 Å². The van der Waals surface area contributed by atoms with Crippen molar-refractivity contribution in [2.45, 2.75) is 13.8 Å². The van der Waals surface area contributed by atoms with Gasteiger partial charge in [0, 0.05) is 0 Å². The molecule has 19 heavy (non-hydrogen) atoms. The molecule has 2 nitrogen and oxygen atoms in total. The molecule has 2 aromatic rings. The van der Waals surface area contributed by atoms with E-state index in [0.29, 0.717) is 17.1 Å². The Kier molecular flexibility index (Phi) is 4.17. The molecule has 6 heteroatoms. The van der Waals surface area contributed by atoms with E-state index in [-0.39, 0.29) is 31.4 Å². The van der Waals surface area contributed by atoms with Crippen molar-refractivity contribution in [1.82, 2.24) is 0 Å². The van der Waals surface area contributed by atoms with Gasteiger partial charge in [0.15, 0.2) is 5.78 Å². The van der Waals surface area contributed by atoms with Crippen molar-refractivity contribution in [3.63, 3.8) is 0 Å². The predicted molar refractivity (Wildman–Crippen MR) is 78.1 cm³/mol. The average molecular weight is 338 g/mol. The largest absolute Gasteiger partial charge is 0.466 e. The molecule has 0 amide bonds. The van der Waals surface area contributed by atoms with E-state index in [9.17, 15) is 4.79 Å². The van der Waals surface area contributed by atoms with Crippen LogP contribution in [0.2, 0.25) is 20.1 Å². The molecular formula is C13H8Cl4O2. The molecule has 0 fully saturated rings. The Morgan fingerprint density at radius 3 is 2.16 bits per heavy atom. The van der Waals surface area contributed by atoms with Crippen molar-refractivity contribution in [2.75, 3.05) is 0 Å². The Labute approximate surface area is 130 Å². The van der Waals surface area contributed by atoms with Gasteiger partial charge in [-0.15, -0.1) is 0 Å². The van der Waals surface area contributed by atoms with E-state index in [2.05, 4.69) is 0 Å². The van der Waals surface area contributed by atoms with Gasteiger partial charge in [0.05, 0.1) is 31.2 Å². The van der Waals surface area contributed by atoms with E-state index in [0.717, 1.165) is 0 Å². The van der Waals surface area contributed by atoms with Gasteiger partial charge in [-0.25, -0.2) is 0 Å². The molecule has 0 saturated heterocycles. The second-order valence-corrected chi connectivity index (χ2v) is 5.57. The van der Waals surface area contributed by atoms with Crippen molar-refractivity contribution in [2.24, 2.45) is 0 Å². The predicted octanol–water partition coefficient (Wildman–Crippen LogP) is 5.74. The van der Waals surface area contributed by atoms with Crippen LogP contribution in [0.4, 0.5) is 0 Å². The highest BCUT2D eigenvalue weighted by Crippen LogP contribution is 2.38. The standard InChI is InChI=1S/C13H8Cl4O2/c1-5-3-7(6(2)19-5)13(18)10-8(14)4-9(15)11(16)12(10)17/h3-4H,1-2H3. The molecule has 2 rings (SSSR count). The normalized spacial score (nSPS) is 10.8. The van der Waals surface area contributed by atoms with E-state index in [4.69, 9.17) is 50.8 Å².